The van der Waals surface area contributed by atoms with E-state index >= 15 is 0 Å². The van der Waals surface area contributed by atoms with Gasteiger partial charge in [0.25, 0.3) is 0 Å². The molecule has 0 aliphatic carbocycles. The molecule has 4 rings (SSSR count). The van der Waals surface area contributed by atoms with Crippen molar-refractivity contribution in [2.75, 3.05) is 13.2 Å². The smallest absolute Gasteiger partial charge is 0.223 e. The van der Waals surface area contributed by atoms with Crippen LogP contribution in [0.4, 0.5) is 0 Å². The molecule has 1 fully saturated rings. The number of carbonyl (C=O) groups is 1. The van der Waals surface area contributed by atoms with Gasteiger partial charge in [-0.2, -0.15) is 0 Å². The zero-order chi connectivity index (χ0) is 22.2. The average Bonchev–Trinajstić information content (AvgIpc) is 3.28. The van der Waals surface area contributed by atoms with E-state index in [4.69, 9.17) is 21.3 Å². The minimum atomic E-state index is -0.173. The lowest BCUT2D eigenvalue weighted by Gasteiger charge is -2.32. The average molecular weight is 440 g/mol. The Labute approximate surface area is 189 Å². The summed E-state index contributed by atoms with van der Waals surface area (Å²) < 4.78 is 8.22. The lowest BCUT2D eigenvalue weighted by Crippen LogP contribution is -2.42. The maximum Gasteiger partial charge on any atom is 0.223 e. The van der Waals surface area contributed by atoms with Gasteiger partial charge in [0.2, 0.25) is 5.91 Å². The molecule has 31 heavy (non-hydrogen) atoms. The number of para-hydroxylation sites is 2. The molecule has 2 heterocycles. The Morgan fingerprint density at radius 2 is 1.97 bits per heavy atom. The Morgan fingerprint density at radius 3 is 2.68 bits per heavy atom. The van der Waals surface area contributed by atoms with Gasteiger partial charge in [-0.15, -0.1) is 0 Å². The van der Waals surface area contributed by atoms with E-state index in [0.29, 0.717) is 19.6 Å². The van der Waals surface area contributed by atoms with Crippen molar-refractivity contribution in [2.24, 2.45) is 0 Å². The van der Waals surface area contributed by atoms with Crippen LogP contribution in [0, 0.1) is 6.92 Å². The number of halogens is 1. The highest BCUT2D eigenvalue weighted by Gasteiger charge is 2.38. The van der Waals surface area contributed by atoms with Crippen molar-refractivity contribution >= 4 is 28.5 Å². The third kappa shape index (κ3) is 4.57. The molecule has 1 atom stereocenters. The summed E-state index contributed by atoms with van der Waals surface area (Å²) in [6.45, 7) is 10.4. The number of carbonyl (C=O) groups excluding carboxylic acids is 1. The molecule has 1 aliphatic heterocycles. The first-order valence-electron chi connectivity index (χ1n) is 10.9. The minimum Gasteiger partial charge on any atom is -0.494 e. The summed E-state index contributed by atoms with van der Waals surface area (Å²) in [7, 11) is 0. The number of amides is 1. The van der Waals surface area contributed by atoms with E-state index in [9.17, 15) is 4.79 Å². The molecule has 1 aromatic heterocycles. The van der Waals surface area contributed by atoms with Crippen LogP contribution in [0.2, 0.25) is 5.02 Å². The molecule has 0 spiro atoms. The maximum absolute atomic E-state index is 12.7. The number of fused-ring (bicyclic) bond motifs is 1. The molecular weight excluding hydrogens is 410 g/mol. The third-order valence-electron chi connectivity index (χ3n) is 5.91. The predicted octanol–water partition coefficient (Wildman–Crippen LogP) is 5.58. The first-order chi connectivity index (χ1) is 14.7. The summed E-state index contributed by atoms with van der Waals surface area (Å²) in [6.07, 6.45) is 1.36. The molecule has 1 aliphatic rings. The van der Waals surface area contributed by atoms with E-state index in [-0.39, 0.29) is 17.4 Å². The van der Waals surface area contributed by atoms with Crippen LogP contribution < -0.4 is 4.74 Å². The monoisotopic (exact) mass is 439 g/mol. The van der Waals surface area contributed by atoms with Crippen molar-refractivity contribution in [3.63, 3.8) is 0 Å². The maximum atomic E-state index is 12.7. The molecule has 3 aromatic rings. The standard InChI is InChI=1S/C25H30ClN3O2/c1-17-14-19(10-11-20(17)26)31-13-7-12-28-22-9-6-5-8-21(22)27-24(28)18-15-23(30)29(16-18)25(2,3)4/h5-6,8-11,14,18H,7,12-13,15-16H2,1-4H3/t18-/m1/s1. The fraction of sp³-hybridized carbons (Fsp3) is 0.440. The largest absolute Gasteiger partial charge is 0.494 e. The second-order valence-corrected chi connectivity index (χ2v) is 9.71. The van der Waals surface area contributed by atoms with E-state index in [1.165, 1.54) is 0 Å². The molecule has 5 nitrogen and oxygen atoms in total. The summed E-state index contributed by atoms with van der Waals surface area (Å²) in [5.74, 6) is 2.15. The lowest BCUT2D eigenvalue weighted by molar-refractivity contribution is -0.131. The van der Waals surface area contributed by atoms with Gasteiger partial charge in [-0.1, -0.05) is 23.7 Å². The van der Waals surface area contributed by atoms with Gasteiger partial charge in [0.15, 0.2) is 0 Å². The number of aryl methyl sites for hydroxylation is 2. The summed E-state index contributed by atoms with van der Waals surface area (Å²) in [5, 5.41) is 0.747. The van der Waals surface area contributed by atoms with Crippen molar-refractivity contribution in [2.45, 2.75) is 58.5 Å². The van der Waals surface area contributed by atoms with Crippen LogP contribution in [-0.4, -0.2) is 39.0 Å². The quantitative estimate of drug-likeness (QED) is 0.471. The van der Waals surface area contributed by atoms with Crippen LogP contribution in [0.1, 0.15) is 50.9 Å². The molecular formula is C25H30ClN3O2. The van der Waals surface area contributed by atoms with Crippen molar-refractivity contribution in [3.05, 3.63) is 58.9 Å². The van der Waals surface area contributed by atoms with Crippen LogP contribution >= 0.6 is 11.6 Å². The second-order valence-electron chi connectivity index (χ2n) is 9.30. The molecule has 0 saturated carbocycles. The number of nitrogens with zero attached hydrogens (tertiary/aromatic N) is 3. The number of benzene rings is 2. The van der Waals surface area contributed by atoms with E-state index in [1.54, 1.807) is 0 Å². The van der Waals surface area contributed by atoms with Crippen LogP contribution in [0.25, 0.3) is 11.0 Å². The number of ether oxygens (including phenoxy) is 1. The molecule has 2 aromatic carbocycles. The Bertz CT molecular complexity index is 1100. The first kappa shape index (κ1) is 21.7. The van der Waals surface area contributed by atoms with Gasteiger partial charge < -0.3 is 14.2 Å². The fourth-order valence-electron chi connectivity index (χ4n) is 4.29. The number of imidazole rings is 1. The van der Waals surface area contributed by atoms with Gasteiger partial charge in [-0.25, -0.2) is 4.98 Å². The van der Waals surface area contributed by atoms with Crippen LogP contribution in [0.5, 0.6) is 5.75 Å². The Morgan fingerprint density at radius 1 is 1.19 bits per heavy atom. The third-order valence-corrected chi connectivity index (χ3v) is 6.33. The molecule has 0 N–H and O–H groups in total. The number of hydrogen-bond donors (Lipinski definition) is 0. The zero-order valence-corrected chi connectivity index (χ0v) is 19.4. The second kappa shape index (κ2) is 8.54. The van der Waals surface area contributed by atoms with Crippen molar-refractivity contribution in [1.29, 1.82) is 0 Å². The highest BCUT2D eigenvalue weighted by Crippen LogP contribution is 2.34. The molecule has 0 bridgehead atoms. The van der Waals surface area contributed by atoms with Gasteiger partial charge >= 0.3 is 0 Å². The van der Waals surface area contributed by atoms with Crippen LogP contribution in [-0.2, 0) is 11.3 Å². The van der Waals surface area contributed by atoms with Crippen LogP contribution in [0.15, 0.2) is 42.5 Å². The Kier molecular flexibility index (Phi) is 5.98. The molecule has 0 unspecified atom stereocenters. The fourth-order valence-corrected chi connectivity index (χ4v) is 4.41. The summed E-state index contributed by atoms with van der Waals surface area (Å²) in [5.41, 5.74) is 2.93. The summed E-state index contributed by atoms with van der Waals surface area (Å²) in [6, 6.07) is 13.9. The minimum absolute atomic E-state index is 0.110. The highest BCUT2D eigenvalue weighted by atomic mass is 35.5. The summed E-state index contributed by atoms with van der Waals surface area (Å²) >= 11 is 6.10. The number of aromatic nitrogens is 2. The number of rotatable bonds is 6. The van der Waals surface area contributed by atoms with Gasteiger partial charge in [0, 0.05) is 36.0 Å². The van der Waals surface area contributed by atoms with Crippen molar-refractivity contribution < 1.29 is 9.53 Å². The molecule has 1 amide bonds. The molecule has 0 radical (unpaired) electrons. The molecule has 6 heteroatoms. The van der Waals surface area contributed by atoms with Gasteiger partial charge in [0.05, 0.1) is 17.6 Å². The molecule has 1 saturated heterocycles. The number of hydrogen-bond acceptors (Lipinski definition) is 3. The SMILES string of the molecule is Cc1cc(OCCCn2c([C@@H]3CC(=O)N(C(C)(C)C)C3)nc3ccccc32)ccc1Cl. The Hall–Kier alpha value is -2.53. The van der Waals surface area contributed by atoms with Crippen LogP contribution in [0.3, 0.4) is 0 Å². The van der Waals surface area contributed by atoms with E-state index in [2.05, 4.69) is 31.4 Å². The van der Waals surface area contributed by atoms with E-state index in [0.717, 1.165) is 46.2 Å². The summed E-state index contributed by atoms with van der Waals surface area (Å²) in [4.78, 5) is 19.6. The zero-order valence-electron chi connectivity index (χ0n) is 18.7. The van der Waals surface area contributed by atoms with Crippen molar-refractivity contribution in [3.8, 4) is 5.75 Å². The van der Waals surface area contributed by atoms with E-state index < -0.39 is 0 Å². The first-order valence-corrected chi connectivity index (χ1v) is 11.3. The van der Waals surface area contributed by atoms with Gasteiger partial charge in [0.1, 0.15) is 11.6 Å². The van der Waals surface area contributed by atoms with Gasteiger partial charge in [-0.05, 0) is 70.0 Å². The number of likely N-dealkylation sites (tertiary alicyclic amines) is 1. The highest BCUT2D eigenvalue weighted by molar-refractivity contribution is 6.31. The Balaban J connectivity index is 1.50. The normalized spacial score (nSPS) is 17.0. The predicted molar refractivity (Wildman–Crippen MR) is 125 cm³/mol. The van der Waals surface area contributed by atoms with Crippen molar-refractivity contribution in [1.82, 2.24) is 14.5 Å². The topological polar surface area (TPSA) is 47.4 Å². The van der Waals surface area contributed by atoms with E-state index in [1.807, 2.05) is 48.2 Å². The van der Waals surface area contributed by atoms with Gasteiger partial charge in [-0.3, -0.25) is 4.79 Å². The molecule has 164 valence electrons. The lowest BCUT2D eigenvalue weighted by atomic mass is 10.1.